The third-order valence-corrected chi connectivity index (χ3v) is 5.48. The lowest BCUT2D eigenvalue weighted by Crippen LogP contribution is -2.32. The molecule has 106 valence electrons. The number of nitrogens with two attached hydrogens (primary N) is 1. The second-order valence-corrected chi connectivity index (χ2v) is 7.12. The molecule has 0 amide bonds. The molecule has 0 spiro atoms. The largest absolute Gasteiger partial charge is 0.324 e. The molecule has 1 unspecified atom stereocenters. The number of benzene rings is 1. The molecule has 1 atom stereocenters. The zero-order valence-corrected chi connectivity index (χ0v) is 12.2. The average molecular weight is 282 g/mol. The van der Waals surface area contributed by atoms with Gasteiger partial charge in [-0.1, -0.05) is 25.0 Å². The lowest BCUT2D eigenvalue weighted by molar-refractivity contribution is 0.423. The quantitative estimate of drug-likeness (QED) is 0.925. The fourth-order valence-electron chi connectivity index (χ4n) is 2.39. The molecule has 1 heterocycles. The zero-order chi connectivity index (χ0) is 13.9. The Morgan fingerprint density at radius 1 is 1.16 bits per heavy atom. The van der Waals surface area contributed by atoms with Crippen LogP contribution in [0.25, 0.3) is 0 Å². The van der Waals surface area contributed by atoms with E-state index in [0.717, 1.165) is 31.2 Å². The Balaban J connectivity index is 2.30. The molecule has 5 heteroatoms. The smallest absolute Gasteiger partial charge is 0.243 e. The van der Waals surface area contributed by atoms with Gasteiger partial charge in [-0.2, -0.15) is 4.31 Å². The van der Waals surface area contributed by atoms with Crippen LogP contribution in [-0.4, -0.2) is 25.8 Å². The van der Waals surface area contributed by atoms with Crippen molar-refractivity contribution in [1.82, 2.24) is 4.31 Å². The second-order valence-electron chi connectivity index (χ2n) is 5.18. The molecule has 19 heavy (non-hydrogen) atoms. The molecule has 0 aliphatic carbocycles. The van der Waals surface area contributed by atoms with E-state index in [1.807, 2.05) is 13.0 Å². The summed E-state index contributed by atoms with van der Waals surface area (Å²) in [4.78, 5) is 0.365. The maximum atomic E-state index is 12.6. The first-order valence-corrected chi connectivity index (χ1v) is 8.31. The van der Waals surface area contributed by atoms with Gasteiger partial charge in [-0.25, -0.2) is 8.42 Å². The van der Waals surface area contributed by atoms with Gasteiger partial charge in [-0.15, -0.1) is 0 Å². The summed E-state index contributed by atoms with van der Waals surface area (Å²) in [6.07, 6.45) is 4.14. The predicted octanol–water partition coefficient (Wildman–Crippen LogP) is 2.27. The lowest BCUT2D eigenvalue weighted by atomic mass is 10.1. The summed E-state index contributed by atoms with van der Waals surface area (Å²) in [5.41, 5.74) is 6.68. The van der Waals surface area contributed by atoms with Crippen LogP contribution < -0.4 is 5.73 Å². The highest BCUT2D eigenvalue weighted by Gasteiger charge is 2.25. The first kappa shape index (κ1) is 14.5. The minimum atomic E-state index is -3.36. The Morgan fingerprint density at radius 3 is 2.37 bits per heavy atom. The van der Waals surface area contributed by atoms with Crippen molar-refractivity contribution >= 4 is 10.0 Å². The molecule has 1 aliphatic heterocycles. The number of hydrogen-bond donors (Lipinski definition) is 1. The van der Waals surface area contributed by atoms with Crippen LogP contribution >= 0.6 is 0 Å². The van der Waals surface area contributed by atoms with Crippen LogP contribution in [-0.2, 0) is 10.0 Å². The van der Waals surface area contributed by atoms with E-state index in [2.05, 4.69) is 0 Å². The molecule has 1 aliphatic rings. The topological polar surface area (TPSA) is 63.4 Å². The van der Waals surface area contributed by atoms with Crippen molar-refractivity contribution < 1.29 is 8.42 Å². The van der Waals surface area contributed by atoms with Crippen molar-refractivity contribution in [2.75, 3.05) is 13.1 Å². The van der Waals surface area contributed by atoms with Crippen LogP contribution in [0, 0.1) is 0 Å². The molecular formula is C14H22N2O2S. The molecule has 0 aromatic heterocycles. The summed E-state index contributed by atoms with van der Waals surface area (Å²) >= 11 is 0. The summed E-state index contributed by atoms with van der Waals surface area (Å²) in [5.74, 6) is 0. The SMILES string of the molecule is CC(N)c1cccc(S(=O)(=O)N2CCCCCC2)c1. The third kappa shape index (κ3) is 3.35. The highest BCUT2D eigenvalue weighted by Crippen LogP contribution is 2.22. The van der Waals surface area contributed by atoms with E-state index >= 15 is 0 Å². The molecular weight excluding hydrogens is 260 g/mol. The molecule has 1 aromatic carbocycles. The minimum Gasteiger partial charge on any atom is -0.324 e. The van der Waals surface area contributed by atoms with E-state index in [9.17, 15) is 8.42 Å². The monoisotopic (exact) mass is 282 g/mol. The normalized spacial score (nSPS) is 19.9. The minimum absolute atomic E-state index is 0.153. The lowest BCUT2D eigenvalue weighted by Gasteiger charge is -2.20. The summed E-state index contributed by atoms with van der Waals surface area (Å²) in [6, 6.07) is 6.84. The molecule has 0 bridgehead atoms. The first-order valence-electron chi connectivity index (χ1n) is 6.87. The summed E-state index contributed by atoms with van der Waals surface area (Å²) in [6.45, 7) is 3.12. The molecule has 4 nitrogen and oxygen atoms in total. The van der Waals surface area contributed by atoms with Gasteiger partial charge in [0.05, 0.1) is 4.90 Å². The zero-order valence-electron chi connectivity index (χ0n) is 11.4. The maximum Gasteiger partial charge on any atom is 0.243 e. The average Bonchev–Trinajstić information content (AvgIpc) is 2.68. The van der Waals surface area contributed by atoms with Gasteiger partial charge in [-0.3, -0.25) is 0 Å². The Labute approximate surface area is 115 Å². The van der Waals surface area contributed by atoms with Gasteiger partial charge >= 0.3 is 0 Å². The molecule has 2 N–H and O–H groups in total. The van der Waals surface area contributed by atoms with Gasteiger partial charge in [0.1, 0.15) is 0 Å². The van der Waals surface area contributed by atoms with Crippen LogP contribution in [0.15, 0.2) is 29.2 Å². The number of hydrogen-bond acceptors (Lipinski definition) is 3. The molecule has 1 fully saturated rings. The Hall–Kier alpha value is -0.910. The summed E-state index contributed by atoms with van der Waals surface area (Å²) in [5, 5.41) is 0. The summed E-state index contributed by atoms with van der Waals surface area (Å²) < 4.78 is 26.8. The van der Waals surface area contributed by atoms with Gasteiger partial charge in [0.15, 0.2) is 0 Å². The van der Waals surface area contributed by atoms with Crippen LogP contribution in [0.3, 0.4) is 0 Å². The highest BCUT2D eigenvalue weighted by atomic mass is 32.2. The van der Waals surface area contributed by atoms with Gasteiger partial charge in [0, 0.05) is 19.1 Å². The number of rotatable bonds is 3. The fraction of sp³-hybridized carbons (Fsp3) is 0.571. The Kier molecular flexibility index (Phi) is 4.60. The van der Waals surface area contributed by atoms with Gasteiger partial charge < -0.3 is 5.73 Å². The van der Waals surface area contributed by atoms with Crippen molar-refractivity contribution in [3.8, 4) is 0 Å². The van der Waals surface area contributed by atoms with E-state index in [1.165, 1.54) is 0 Å². The van der Waals surface area contributed by atoms with E-state index in [4.69, 9.17) is 5.73 Å². The molecule has 0 saturated carbocycles. The van der Waals surface area contributed by atoms with Crippen molar-refractivity contribution in [2.24, 2.45) is 5.73 Å². The van der Waals surface area contributed by atoms with Crippen molar-refractivity contribution in [3.63, 3.8) is 0 Å². The predicted molar refractivity (Wildman–Crippen MR) is 76.3 cm³/mol. The van der Waals surface area contributed by atoms with Crippen molar-refractivity contribution in [1.29, 1.82) is 0 Å². The van der Waals surface area contributed by atoms with Crippen LogP contribution in [0.2, 0.25) is 0 Å². The first-order chi connectivity index (χ1) is 9.01. The summed E-state index contributed by atoms with van der Waals surface area (Å²) in [7, 11) is -3.36. The Morgan fingerprint density at radius 2 is 1.79 bits per heavy atom. The second kappa shape index (κ2) is 6.03. The van der Waals surface area contributed by atoms with E-state index < -0.39 is 10.0 Å². The molecule has 2 rings (SSSR count). The molecule has 1 saturated heterocycles. The number of sulfonamides is 1. The van der Waals surface area contributed by atoms with E-state index in [0.29, 0.717) is 18.0 Å². The van der Waals surface area contributed by atoms with Crippen molar-refractivity contribution in [3.05, 3.63) is 29.8 Å². The fourth-order valence-corrected chi connectivity index (χ4v) is 3.96. The highest BCUT2D eigenvalue weighted by molar-refractivity contribution is 7.89. The van der Waals surface area contributed by atoms with Crippen LogP contribution in [0.4, 0.5) is 0 Å². The van der Waals surface area contributed by atoms with Gasteiger partial charge in [0.2, 0.25) is 10.0 Å². The molecule has 1 aromatic rings. The van der Waals surface area contributed by atoms with Crippen LogP contribution in [0.5, 0.6) is 0 Å². The maximum absolute atomic E-state index is 12.6. The van der Waals surface area contributed by atoms with E-state index in [-0.39, 0.29) is 6.04 Å². The third-order valence-electron chi connectivity index (χ3n) is 3.59. The standard InChI is InChI=1S/C14H22N2O2S/c1-12(15)13-7-6-8-14(11-13)19(17,18)16-9-4-2-3-5-10-16/h6-8,11-12H,2-5,9-10,15H2,1H3. The van der Waals surface area contributed by atoms with E-state index in [1.54, 1.807) is 22.5 Å². The number of nitrogens with zero attached hydrogens (tertiary/aromatic N) is 1. The van der Waals surface area contributed by atoms with Crippen molar-refractivity contribution in [2.45, 2.75) is 43.5 Å². The molecule has 0 radical (unpaired) electrons. The van der Waals surface area contributed by atoms with Gasteiger partial charge in [0.25, 0.3) is 0 Å². The Bertz CT molecular complexity index is 518. The van der Waals surface area contributed by atoms with Gasteiger partial charge in [-0.05, 0) is 37.5 Å². The van der Waals surface area contributed by atoms with Crippen LogP contribution in [0.1, 0.15) is 44.2 Å².